The number of nitrogens with two attached hydrogens (primary N) is 1. The Kier molecular flexibility index (Phi) is 6.71. The van der Waals surface area contributed by atoms with E-state index in [9.17, 15) is 4.79 Å². The zero-order valence-electron chi connectivity index (χ0n) is 16.3. The number of Topliss-reactive ketones (excluding diaryl/α,β-unsaturated/α-hetero) is 1. The minimum absolute atomic E-state index is 0.0967. The fraction of sp³-hybridized carbons (Fsp3) is 0.286. The highest BCUT2D eigenvalue weighted by atomic mass is 16.5. The predicted octanol–water partition coefficient (Wildman–Crippen LogP) is 3.98. The predicted molar refractivity (Wildman–Crippen MR) is 106 cm³/mol. The van der Waals surface area contributed by atoms with Gasteiger partial charge in [0.1, 0.15) is 5.75 Å². The summed E-state index contributed by atoms with van der Waals surface area (Å²) >= 11 is 0. The van der Waals surface area contributed by atoms with Gasteiger partial charge in [0.05, 0.1) is 34.1 Å². The number of rotatable bonds is 8. The Hall–Kier alpha value is -3.15. The lowest BCUT2D eigenvalue weighted by molar-refractivity contribution is 0.103. The molecule has 0 atom stereocenters. The van der Waals surface area contributed by atoms with Gasteiger partial charge in [0.25, 0.3) is 0 Å². The second-order valence-electron chi connectivity index (χ2n) is 5.77. The molecule has 0 aliphatic carbocycles. The number of nitrogen functional groups attached to an aromatic ring is 1. The second-order valence-corrected chi connectivity index (χ2v) is 5.77. The molecule has 0 spiro atoms. The summed E-state index contributed by atoms with van der Waals surface area (Å²) in [6.07, 6.45) is 2.37. The Morgan fingerprint density at radius 3 is 1.96 bits per heavy atom. The standard InChI is InChI=1S/C21H25NO5/c1-6-14(20(23)15-7-8-17(24-2)16(22)12-15)9-13-10-18(25-3)21(27-5)19(11-13)26-4/h7-12H,6,22H2,1-5H3/b14-9+. The molecule has 6 heteroatoms. The van der Waals surface area contributed by atoms with Crippen LogP contribution in [0.15, 0.2) is 35.9 Å². The molecule has 144 valence electrons. The zero-order valence-corrected chi connectivity index (χ0v) is 16.3. The number of ketones is 1. The number of carbonyl (C=O) groups is 1. The van der Waals surface area contributed by atoms with Crippen LogP contribution in [0.2, 0.25) is 0 Å². The largest absolute Gasteiger partial charge is 0.495 e. The van der Waals surface area contributed by atoms with Crippen LogP contribution in [0.3, 0.4) is 0 Å². The van der Waals surface area contributed by atoms with Gasteiger partial charge in [-0.2, -0.15) is 0 Å². The third kappa shape index (κ3) is 4.34. The fourth-order valence-electron chi connectivity index (χ4n) is 2.78. The summed E-state index contributed by atoms with van der Waals surface area (Å²) in [7, 11) is 6.19. The van der Waals surface area contributed by atoms with Crippen molar-refractivity contribution in [2.24, 2.45) is 0 Å². The molecule has 2 N–H and O–H groups in total. The number of benzene rings is 2. The molecule has 0 aromatic heterocycles. The smallest absolute Gasteiger partial charge is 0.203 e. The fourth-order valence-corrected chi connectivity index (χ4v) is 2.78. The molecule has 0 saturated carbocycles. The van der Waals surface area contributed by atoms with Gasteiger partial charge < -0.3 is 24.7 Å². The molecule has 2 aromatic rings. The number of ether oxygens (including phenoxy) is 4. The molecule has 2 aromatic carbocycles. The summed E-state index contributed by atoms with van der Waals surface area (Å²) in [5.41, 5.74) is 8.27. The normalized spacial score (nSPS) is 11.1. The molecule has 0 heterocycles. The van der Waals surface area contributed by atoms with E-state index < -0.39 is 0 Å². The van der Waals surface area contributed by atoms with Gasteiger partial charge in [0, 0.05) is 11.1 Å². The van der Waals surface area contributed by atoms with Crippen molar-refractivity contribution in [2.45, 2.75) is 13.3 Å². The van der Waals surface area contributed by atoms with Crippen LogP contribution >= 0.6 is 0 Å². The van der Waals surface area contributed by atoms with Gasteiger partial charge in [-0.1, -0.05) is 6.92 Å². The molecule has 0 aliphatic heterocycles. The molecule has 0 unspecified atom stereocenters. The Morgan fingerprint density at radius 1 is 0.926 bits per heavy atom. The van der Waals surface area contributed by atoms with Gasteiger partial charge >= 0.3 is 0 Å². The Balaban J connectivity index is 2.46. The highest BCUT2D eigenvalue weighted by Crippen LogP contribution is 2.39. The number of hydrogen-bond acceptors (Lipinski definition) is 6. The van der Waals surface area contributed by atoms with Gasteiger partial charge in [0.2, 0.25) is 5.75 Å². The first-order chi connectivity index (χ1) is 13.0. The monoisotopic (exact) mass is 371 g/mol. The van der Waals surface area contributed by atoms with Crippen LogP contribution in [-0.4, -0.2) is 34.2 Å². The highest BCUT2D eigenvalue weighted by molar-refractivity contribution is 6.11. The van der Waals surface area contributed by atoms with E-state index in [-0.39, 0.29) is 5.78 Å². The lowest BCUT2D eigenvalue weighted by Gasteiger charge is -2.13. The average molecular weight is 371 g/mol. The van der Waals surface area contributed by atoms with Gasteiger partial charge in [-0.05, 0) is 48.4 Å². The van der Waals surface area contributed by atoms with Crippen LogP contribution in [-0.2, 0) is 0 Å². The van der Waals surface area contributed by atoms with Crippen LogP contribution < -0.4 is 24.7 Å². The topological polar surface area (TPSA) is 80.0 Å². The van der Waals surface area contributed by atoms with E-state index in [1.807, 2.05) is 13.0 Å². The third-order valence-corrected chi connectivity index (χ3v) is 4.19. The molecule has 0 aliphatic rings. The molecule has 27 heavy (non-hydrogen) atoms. The van der Waals surface area contributed by atoms with Crippen molar-refractivity contribution in [1.82, 2.24) is 0 Å². The third-order valence-electron chi connectivity index (χ3n) is 4.19. The summed E-state index contributed by atoms with van der Waals surface area (Å²) in [4.78, 5) is 12.9. The van der Waals surface area contributed by atoms with Crippen molar-refractivity contribution in [3.8, 4) is 23.0 Å². The van der Waals surface area contributed by atoms with E-state index in [4.69, 9.17) is 24.7 Å². The maximum absolute atomic E-state index is 12.9. The summed E-state index contributed by atoms with van der Waals surface area (Å²) < 4.78 is 21.2. The Labute approximate surface area is 159 Å². The minimum atomic E-state index is -0.0967. The SMILES string of the molecule is CC/C(=C\c1cc(OC)c(OC)c(OC)c1)C(=O)c1ccc(OC)c(N)c1. The van der Waals surface area contributed by atoms with E-state index in [1.54, 1.807) is 51.7 Å². The number of allylic oxidation sites excluding steroid dienone is 1. The van der Waals surface area contributed by atoms with Crippen molar-refractivity contribution < 1.29 is 23.7 Å². The quantitative estimate of drug-likeness (QED) is 0.429. The maximum atomic E-state index is 12.9. The summed E-state index contributed by atoms with van der Waals surface area (Å²) in [6, 6.07) is 8.62. The first-order valence-electron chi connectivity index (χ1n) is 8.47. The molecule has 2 rings (SSSR count). The number of carbonyl (C=O) groups excluding carboxylic acids is 1. The van der Waals surface area contributed by atoms with Crippen LogP contribution in [0, 0.1) is 0 Å². The molecule has 0 radical (unpaired) electrons. The van der Waals surface area contributed by atoms with Gasteiger partial charge in [-0.3, -0.25) is 4.79 Å². The molecular weight excluding hydrogens is 346 g/mol. The van der Waals surface area contributed by atoms with Crippen molar-refractivity contribution in [2.75, 3.05) is 34.2 Å². The number of methoxy groups -OCH3 is 4. The van der Waals surface area contributed by atoms with Crippen molar-refractivity contribution >= 4 is 17.5 Å². The summed E-state index contributed by atoms with van der Waals surface area (Å²) in [5.74, 6) is 2.00. The molecule has 0 fully saturated rings. The maximum Gasteiger partial charge on any atom is 0.203 e. The van der Waals surface area contributed by atoms with Crippen molar-refractivity contribution in [1.29, 1.82) is 0 Å². The minimum Gasteiger partial charge on any atom is -0.495 e. The van der Waals surface area contributed by atoms with E-state index >= 15 is 0 Å². The highest BCUT2D eigenvalue weighted by Gasteiger charge is 2.16. The number of anilines is 1. The van der Waals surface area contributed by atoms with E-state index in [0.29, 0.717) is 46.2 Å². The molecular formula is C21H25NO5. The average Bonchev–Trinajstić information content (AvgIpc) is 2.70. The van der Waals surface area contributed by atoms with Crippen LogP contribution in [0.25, 0.3) is 6.08 Å². The van der Waals surface area contributed by atoms with Crippen molar-refractivity contribution in [3.63, 3.8) is 0 Å². The molecule has 0 saturated heterocycles. The first-order valence-corrected chi connectivity index (χ1v) is 8.47. The van der Waals surface area contributed by atoms with E-state index in [0.717, 1.165) is 5.56 Å². The van der Waals surface area contributed by atoms with E-state index in [1.165, 1.54) is 7.11 Å². The van der Waals surface area contributed by atoms with Crippen LogP contribution in [0.1, 0.15) is 29.3 Å². The van der Waals surface area contributed by atoms with E-state index in [2.05, 4.69) is 0 Å². The van der Waals surface area contributed by atoms with Crippen LogP contribution in [0.4, 0.5) is 5.69 Å². The molecule has 0 bridgehead atoms. The summed E-state index contributed by atoms with van der Waals surface area (Å²) in [5, 5.41) is 0. The van der Waals surface area contributed by atoms with Gasteiger partial charge in [0.15, 0.2) is 17.3 Å². The van der Waals surface area contributed by atoms with Gasteiger partial charge in [-0.15, -0.1) is 0 Å². The van der Waals surface area contributed by atoms with Crippen LogP contribution in [0.5, 0.6) is 23.0 Å². The molecule has 0 amide bonds. The second kappa shape index (κ2) is 8.98. The Morgan fingerprint density at radius 2 is 1.52 bits per heavy atom. The molecule has 6 nitrogen and oxygen atoms in total. The summed E-state index contributed by atoms with van der Waals surface area (Å²) in [6.45, 7) is 1.93. The lowest BCUT2D eigenvalue weighted by atomic mass is 9.98. The first kappa shape index (κ1) is 20.2. The Bertz CT molecular complexity index is 833. The number of hydrogen-bond donors (Lipinski definition) is 1. The zero-order chi connectivity index (χ0) is 20.0. The lowest BCUT2D eigenvalue weighted by Crippen LogP contribution is -2.04. The van der Waals surface area contributed by atoms with Gasteiger partial charge in [-0.25, -0.2) is 0 Å². The van der Waals surface area contributed by atoms with Crippen molar-refractivity contribution in [3.05, 3.63) is 47.0 Å².